The summed E-state index contributed by atoms with van der Waals surface area (Å²) < 4.78 is 60.7. The number of rotatable bonds is 6. The maximum atomic E-state index is 13.4. The fourth-order valence-electron chi connectivity index (χ4n) is 2.91. The van der Waals surface area contributed by atoms with Gasteiger partial charge in [-0.05, 0) is 68.4 Å². The zero-order chi connectivity index (χ0) is 22.9. The van der Waals surface area contributed by atoms with Gasteiger partial charge >= 0.3 is 0 Å². The number of hydrogen-bond acceptors (Lipinski definition) is 6. The first-order valence-corrected chi connectivity index (χ1v) is 10.8. The van der Waals surface area contributed by atoms with E-state index in [0.29, 0.717) is 17.6 Å². The standard InChI is InChI=1S/C21H17F2N5O3S/c1-13-11-14(2)28(26-13)20-9-10-21(25-24-20)31-16-5-3-15(4-6-16)27-32(29,30)17-7-8-18(22)19(23)12-17/h3-12,27H,1-2H3. The van der Waals surface area contributed by atoms with E-state index in [0.717, 1.165) is 23.5 Å². The van der Waals surface area contributed by atoms with E-state index < -0.39 is 26.6 Å². The minimum atomic E-state index is -4.09. The second-order valence-electron chi connectivity index (χ2n) is 6.88. The van der Waals surface area contributed by atoms with Crippen molar-refractivity contribution in [2.24, 2.45) is 0 Å². The molecule has 4 rings (SSSR count). The van der Waals surface area contributed by atoms with E-state index in [-0.39, 0.29) is 11.6 Å². The van der Waals surface area contributed by atoms with E-state index in [4.69, 9.17) is 4.74 Å². The lowest BCUT2D eigenvalue weighted by atomic mass is 10.3. The minimum absolute atomic E-state index is 0.216. The SMILES string of the molecule is Cc1cc(C)n(-c2ccc(Oc3ccc(NS(=O)(=O)c4ccc(F)c(F)c4)cc3)nn2)n1. The summed E-state index contributed by atoms with van der Waals surface area (Å²) in [5.74, 6) is -1.19. The number of aryl methyl sites for hydroxylation is 2. The van der Waals surface area contributed by atoms with Gasteiger partial charge in [0.25, 0.3) is 10.0 Å². The van der Waals surface area contributed by atoms with Crippen LogP contribution in [0.4, 0.5) is 14.5 Å². The van der Waals surface area contributed by atoms with Crippen molar-refractivity contribution in [2.45, 2.75) is 18.7 Å². The Morgan fingerprint density at radius 1 is 0.906 bits per heavy atom. The van der Waals surface area contributed by atoms with Crippen molar-refractivity contribution in [1.29, 1.82) is 0 Å². The summed E-state index contributed by atoms with van der Waals surface area (Å²) in [6.45, 7) is 3.80. The molecular weight excluding hydrogens is 440 g/mol. The van der Waals surface area contributed by atoms with E-state index in [1.165, 1.54) is 24.3 Å². The zero-order valence-electron chi connectivity index (χ0n) is 17.0. The number of sulfonamides is 1. The molecule has 0 spiro atoms. The van der Waals surface area contributed by atoms with Crippen LogP contribution in [0.25, 0.3) is 5.82 Å². The molecule has 2 aromatic heterocycles. The van der Waals surface area contributed by atoms with E-state index in [1.54, 1.807) is 16.8 Å². The van der Waals surface area contributed by atoms with Crippen molar-refractivity contribution in [3.63, 3.8) is 0 Å². The first kappa shape index (κ1) is 21.4. The molecule has 0 saturated heterocycles. The molecule has 32 heavy (non-hydrogen) atoms. The van der Waals surface area contributed by atoms with Gasteiger partial charge < -0.3 is 4.74 Å². The zero-order valence-corrected chi connectivity index (χ0v) is 17.8. The highest BCUT2D eigenvalue weighted by atomic mass is 32.2. The first-order valence-electron chi connectivity index (χ1n) is 9.34. The van der Waals surface area contributed by atoms with Gasteiger partial charge in [0.2, 0.25) is 5.88 Å². The molecule has 1 N–H and O–H groups in total. The van der Waals surface area contributed by atoms with Crippen molar-refractivity contribution in [2.75, 3.05) is 4.72 Å². The van der Waals surface area contributed by atoms with Gasteiger partial charge in [-0.1, -0.05) is 0 Å². The number of hydrogen-bond donors (Lipinski definition) is 1. The second-order valence-corrected chi connectivity index (χ2v) is 8.56. The van der Waals surface area contributed by atoms with Crippen LogP contribution in [0.1, 0.15) is 11.4 Å². The number of benzene rings is 2. The maximum Gasteiger partial charge on any atom is 0.261 e. The lowest BCUT2D eigenvalue weighted by Crippen LogP contribution is -2.13. The van der Waals surface area contributed by atoms with Crippen LogP contribution in [0.3, 0.4) is 0 Å². The number of ether oxygens (including phenoxy) is 1. The molecule has 0 saturated carbocycles. The summed E-state index contributed by atoms with van der Waals surface area (Å²) in [6.07, 6.45) is 0. The normalized spacial score (nSPS) is 11.4. The summed E-state index contributed by atoms with van der Waals surface area (Å²) >= 11 is 0. The molecular formula is C21H17F2N5O3S. The third kappa shape index (κ3) is 4.57. The average Bonchev–Trinajstić information content (AvgIpc) is 3.09. The predicted octanol–water partition coefficient (Wildman–Crippen LogP) is 4.15. The van der Waals surface area contributed by atoms with E-state index in [1.807, 2.05) is 19.9 Å². The Bertz CT molecular complexity index is 1370. The van der Waals surface area contributed by atoms with Crippen molar-refractivity contribution in [1.82, 2.24) is 20.0 Å². The van der Waals surface area contributed by atoms with Crippen LogP contribution < -0.4 is 9.46 Å². The molecule has 164 valence electrons. The van der Waals surface area contributed by atoms with E-state index in [2.05, 4.69) is 20.0 Å². The molecule has 0 aliphatic carbocycles. The molecule has 2 aromatic carbocycles. The average molecular weight is 457 g/mol. The lowest BCUT2D eigenvalue weighted by Gasteiger charge is -2.10. The summed E-state index contributed by atoms with van der Waals surface area (Å²) in [4.78, 5) is -0.394. The van der Waals surface area contributed by atoms with Crippen LogP contribution in [0.5, 0.6) is 11.6 Å². The van der Waals surface area contributed by atoms with Crippen LogP contribution in [0, 0.1) is 25.5 Å². The molecule has 8 nitrogen and oxygen atoms in total. The molecule has 0 amide bonds. The van der Waals surface area contributed by atoms with Crippen molar-refractivity contribution >= 4 is 15.7 Å². The Balaban J connectivity index is 1.44. The fourth-order valence-corrected chi connectivity index (χ4v) is 3.98. The molecule has 0 aliphatic heterocycles. The quantitative estimate of drug-likeness (QED) is 0.467. The molecule has 0 atom stereocenters. The summed E-state index contributed by atoms with van der Waals surface area (Å²) in [7, 11) is -4.09. The van der Waals surface area contributed by atoms with E-state index >= 15 is 0 Å². The van der Waals surface area contributed by atoms with Gasteiger partial charge in [-0.15, -0.1) is 10.2 Å². The molecule has 2 heterocycles. The summed E-state index contributed by atoms with van der Waals surface area (Å²) in [5, 5.41) is 12.5. The number of nitrogens with zero attached hydrogens (tertiary/aromatic N) is 4. The number of nitrogens with one attached hydrogen (secondary N) is 1. The largest absolute Gasteiger partial charge is 0.438 e. The topological polar surface area (TPSA) is 99.0 Å². The van der Waals surface area contributed by atoms with Gasteiger partial charge in [0.15, 0.2) is 17.5 Å². The monoisotopic (exact) mass is 457 g/mol. The first-order chi connectivity index (χ1) is 15.2. The number of aromatic nitrogens is 4. The van der Waals surface area contributed by atoms with Crippen molar-refractivity contribution in [3.8, 4) is 17.4 Å². The maximum absolute atomic E-state index is 13.4. The van der Waals surface area contributed by atoms with Crippen LogP contribution in [0.15, 0.2) is 65.6 Å². The Morgan fingerprint density at radius 2 is 1.66 bits per heavy atom. The lowest BCUT2D eigenvalue weighted by molar-refractivity contribution is 0.454. The smallest absolute Gasteiger partial charge is 0.261 e. The van der Waals surface area contributed by atoms with Crippen molar-refractivity contribution in [3.05, 3.63) is 83.7 Å². The van der Waals surface area contributed by atoms with Gasteiger partial charge in [-0.25, -0.2) is 21.9 Å². The number of anilines is 1. The Labute approximate surface area is 182 Å². The second kappa shape index (κ2) is 8.35. The van der Waals surface area contributed by atoms with Gasteiger partial charge in [0, 0.05) is 17.4 Å². The summed E-state index contributed by atoms with van der Waals surface area (Å²) in [5.41, 5.74) is 2.00. The molecule has 0 bridgehead atoms. The third-order valence-corrected chi connectivity index (χ3v) is 5.76. The molecule has 0 unspecified atom stereocenters. The predicted molar refractivity (Wildman–Crippen MR) is 112 cm³/mol. The van der Waals surface area contributed by atoms with Gasteiger partial charge in [0.05, 0.1) is 10.6 Å². The van der Waals surface area contributed by atoms with Crippen LogP contribution in [-0.4, -0.2) is 28.4 Å². The highest BCUT2D eigenvalue weighted by Crippen LogP contribution is 2.24. The Hall–Kier alpha value is -3.86. The molecule has 4 aromatic rings. The highest BCUT2D eigenvalue weighted by Gasteiger charge is 2.17. The fraction of sp³-hybridized carbons (Fsp3) is 0.0952. The van der Waals surface area contributed by atoms with Crippen LogP contribution in [0.2, 0.25) is 0 Å². The van der Waals surface area contributed by atoms with Crippen LogP contribution in [-0.2, 0) is 10.0 Å². The molecule has 0 radical (unpaired) electrons. The van der Waals surface area contributed by atoms with Gasteiger partial charge in [0.1, 0.15) is 5.75 Å². The minimum Gasteiger partial charge on any atom is -0.438 e. The van der Waals surface area contributed by atoms with E-state index in [9.17, 15) is 17.2 Å². The number of halogens is 2. The Kier molecular flexibility index (Phi) is 5.57. The highest BCUT2D eigenvalue weighted by molar-refractivity contribution is 7.92. The molecule has 11 heteroatoms. The molecule has 0 fully saturated rings. The summed E-state index contributed by atoms with van der Waals surface area (Å²) in [6, 6.07) is 13.6. The van der Waals surface area contributed by atoms with Gasteiger partial charge in [-0.3, -0.25) is 4.72 Å². The third-order valence-electron chi connectivity index (χ3n) is 4.38. The van der Waals surface area contributed by atoms with Crippen LogP contribution >= 0.6 is 0 Å². The van der Waals surface area contributed by atoms with Gasteiger partial charge in [-0.2, -0.15) is 5.10 Å². The van der Waals surface area contributed by atoms with Crippen molar-refractivity contribution < 1.29 is 21.9 Å². The Morgan fingerprint density at radius 3 is 2.25 bits per heavy atom. The molecule has 0 aliphatic rings.